The highest BCUT2D eigenvalue weighted by Gasteiger charge is 2.06. The molecule has 0 bridgehead atoms. The van der Waals surface area contributed by atoms with E-state index in [-0.39, 0.29) is 0 Å². The van der Waals surface area contributed by atoms with Crippen molar-refractivity contribution in [1.29, 1.82) is 0 Å². The van der Waals surface area contributed by atoms with E-state index < -0.39 is 0 Å². The van der Waals surface area contributed by atoms with Crippen LogP contribution in [0.15, 0.2) is 54.0 Å². The van der Waals surface area contributed by atoms with Crippen molar-refractivity contribution in [3.63, 3.8) is 0 Å². The van der Waals surface area contributed by atoms with E-state index in [9.17, 15) is 0 Å². The lowest BCUT2D eigenvalue weighted by molar-refractivity contribution is 1.23. The predicted octanol–water partition coefficient (Wildman–Crippen LogP) is 3.54. The molecule has 1 heteroatoms. The zero-order valence-electron chi connectivity index (χ0n) is 6.68. The van der Waals surface area contributed by atoms with Crippen molar-refractivity contribution in [2.45, 2.75) is 5.25 Å². The molecule has 0 amide bonds. The zero-order chi connectivity index (χ0) is 8.23. The molecule has 0 nitrogen and oxygen atoms in total. The van der Waals surface area contributed by atoms with Crippen LogP contribution < -0.4 is 0 Å². The van der Waals surface area contributed by atoms with Gasteiger partial charge < -0.3 is 0 Å². The van der Waals surface area contributed by atoms with Crippen molar-refractivity contribution >= 4 is 11.8 Å². The lowest BCUT2D eigenvalue weighted by Crippen LogP contribution is -1.89. The van der Waals surface area contributed by atoms with Gasteiger partial charge in [-0.25, -0.2) is 0 Å². The van der Waals surface area contributed by atoms with Gasteiger partial charge >= 0.3 is 0 Å². The van der Waals surface area contributed by atoms with Crippen LogP contribution in [-0.4, -0.2) is 0 Å². The lowest BCUT2D eigenvalue weighted by Gasteiger charge is -2.11. The monoisotopic (exact) mass is 174 g/mol. The van der Waals surface area contributed by atoms with Crippen LogP contribution in [0.25, 0.3) is 0 Å². The fourth-order valence-electron chi connectivity index (χ4n) is 1.22. The molecule has 0 fully saturated rings. The summed E-state index contributed by atoms with van der Waals surface area (Å²) in [5.74, 6) is 0. The van der Waals surface area contributed by atoms with Crippen molar-refractivity contribution in [3.8, 4) is 0 Å². The van der Waals surface area contributed by atoms with Crippen LogP contribution in [0.1, 0.15) is 10.8 Å². The van der Waals surface area contributed by atoms with Crippen molar-refractivity contribution < 1.29 is 0 Å². The summed E-state index contributed by atoms with van der Waals surface area (Å²) in [5.41, 5.74) is 1.38. The number of hydrogen-bond acceptors (Lipinski definition) is 1. The maximum atomic E-state index is 2.22. The standard InChI is InChI=1S/C11H10S/c1-2-6-10(7-3-1)11-8-4-5-9-12-11/h1-9,11H. The van der Waals surface area contributed by atoms with Crippen molar-refractivity contribution in [2.24, 2.45) is 0 Å². The summed E-state index contributed by atoms with van der Waals surface area (Å²) in [7, 11) is 0. The Hall–Kier alpha value is -0.950. The molecule has 2 rings (SSSR count). The minimum absolute atomic E-state index is 0.510. The second-order valence-electron chi connectivity index (χ2n) is 2.68. The zero-order valence-corrected chi connectivity index (χ0v) is 7.50. The Bertz CT molecular complexity index is 298. The number of allylic oxidation sites excluding steroid dienone is 2. The third kappa shape index (κ3) is 1.62. The second-order valence-corrected chi connectivity index (χ2v) is 3.73. The molecule has 12 heavy (non-hydrogen) atoms. The largest absolute Gasteiger partial charge is 0.122 e. The van der Waals surface area contributed by atoms with E-state index in [2.05, 4.69) is 54.0 Å². The van der Waals surface area contributed by atoms with Gasteiger partial charge in [0.2, 0.25) is 0 Å². The summed E-state index contributed by atoms with van der Waals surface area (Å²) >= 11 is 1.85. The van der Waals surface area contributed by atoms with E-state index in [1.807, 2.05) is 11.8 Å². The van der Waals surface area contributed by atoms with Crippen LogP contribution >= 0.6 is 11.8 Å². The van der Waals surface area contributed by atoms with Crippen molar-refractivity contribution in [1.82, 2.24) is 0 Å². The van der Waals surface area contributed by atoms with E-state index in [1.54, 1.807) is 0 Å². The molecule has 1 aliphatic rings. The Morgan fingerprint density at radius 3 is 2.50 bits per heavy atom. The van der Waals surface area contributed by atoms with Gasteiger partial charge in [-0.2, -0.15) is 0 Å². The lowest BCUT2D eigenvalue weighted by atomic mass is 10.1. The molecule has 1 aliphatic heterocycles. The van der Waals surface area contributed by atoms with Crippen LogP contribution in [0.2, 0.25) is 0 Å². The summed E-state index contributed by atoms with van der Waals surface area (Å²) in [6, 6.07) is 10.6. The molecule has 0 N–H and O–H groups in total. The molecular formula is C11H10S. The molecular weight excluding hydrogens is 164 g/mol. The van der Waals surface area contributed by atoms with Gasteiger partial charge in [0.05, 0.1) is 5.25 Å². The molecule has 1 unspecified atom stereocenters. The maximum Gasteiger partial charge on any atom is 0.0521 e. The highest BCUT2D eigenvalue weighted by atomic mass is 32.2. The van der Waals surface area contributed by atoms with E-state index >= 15 is 0 Å². The fraction of sp³-hybridized carbons (Fsp3) is 0.0909. The first-order chi connectivity index (χ1) is 5.97. The molecule has 0 aromatic heterocycles. The maximum absolute atomic E-state index is 2.22. The third-order valence-corrected chi connectivity index (χ3v) is 2.87. The summed E-state index contributed by atoms with van der Waals surface area (Å²) in [4.78, 5) is 0. The van der Waals surface area contributed by atoms with Crippen LogP contribution in [0.4, 0.5) is 0 Å². The Balaban J connectivity index is 2.21. The molecule has 0 spiro atoms. The van der Waals surface area contributed by atoms with Crippen molar-refractivity contribution in [2.75, 3.05) is 0 Å². The van der Waals surface area contributed by atoms with Gasteiger partial charge in [0.1, 0.15) is 0 Å². The Morgan fingerprint density at radius 2 is 1.83 bits per heavy atom. The second kappa shape index (κ2) is 3.63. The average molecular weight is 174 g/mol. The number of hydrogen-bond donors (Lipinski definition) is 0. The molecule has 0 radical (unpaired) electrons. The van der Waals surface area contributed by atoms with Gasteiger partial charge in [0.15, 0.2) is 0 Å². The quantitative estimate of drug-likeness (QED) is 0.627. The minimum atomic E-state index is 0.510. The van der Waals surface area contributed by atoms with Crippen LogP contribution in [0, 0.1) is 0 Å². The van der Waals surface area contributed by atoms with Gasteiger partial charge in [0.25, 0.3) is 0 Å². The Labute approximate surface area is 77.0 Å². The number of benzene rings is 1. The highest BCUT2D eigenvalue weighted by molar-refractivity contribution is 8.02. The van der Waals surface area contributed by atoms with Gasteiger partial charge in [-0.1, -0.05) is 48.6 Å². The molecule has 0 aliphatic carbocycles. The van der Waals surface area contributed by atoms with E-state index in [0.29, 0.717) is 5.25 Å². The molecule has 0 saturated carbocycles. The Kier molecular flexibility index (Phi) is 2.33. The predicted molar refractivity (Wildman–Crippen MR) is 55.1 cm³/mol. The normalized spacial score (nSPS) is 21.2. The average Bonchev–Trinajstić information content (AvgIpc) is 2.21. The molecule has 1 aromatic rings. The van der Waals surface area contributed by atoms with E-state index in [1.165, 1.54) is 5.56 Å². The number of thioether (sulfide) groups is 1. The highest BCUT2D eigenvalue weighted by Crippen LogP contribution is 2.32. The SMILES string of the molecule is C1=CSC(c2ccccc2)C=C1. The molecule has 60 valence electrons. The summed E-state index contributed by atoms with van der Waals surface area (Å²) in [6.07, 6.45) is 6.40. The van der Waals surface area contributed by atoms with E-state index in [4.69, 9.17) is 0 Å². The summed E-state index contributed by atoms with van der Waals surface area (Å²) in [6.45, 7) is 0. The topological polar surface area (TPSA) is 0 Å². The molecule has 0 saturated heterocycles. The fourth-order valence-corrected chi connectivity index (χ4v) is 2.06. The minimum Gasteiger partial charge on any atom is -0.122 e. The first kappa shape index (κ1) is 7.69. The van der Waals surface area contributed by atoms with E-state index in [0.717, 1.165) is 0 Å². The first-order valence-corrected chi connectivity index (χ1v) is 4.95. The summed E-state index contributed by atoms with van der Waals surface area (Å²) < 4.78 is 0. The molecule has 1 heterocycles. The van der Waals surface area contributed by atoms with Crippen LogP contribution in [0.5, 0.6) is 0 Å². The molecule has 1 aromatic carbocycles. The van der Waals surface area contributed by atoms with Gasteiger partial charge in [-0.3, -0.25) is 0 Å². The van der Waals surface area contributed by atoms with Gasteiger partial charge in [-0.15, -0.1) is 11.8 Å². The molecule has 1 atom stereocenters. The van der Waals surface area contributed by atoms with Gasteiger partial charge in [0, 0.05) is 0 Å². The van der Waals surface area contributed by atoms with Crippen LogP contribution in [-0.2, 0) is 0 Å². The third-order valence-electron chi connectivity index (χ3n) is 1.83. The van der Waals surface area contributed by atoms with Crippen molar-refractivity contribution in [3.05, 3.63) is 59.5 Å². The first-order valence-electron chi connectivity index (χ1n) is 4.00. The van der Waals surface area contributed by atoms with Crippen LogP contribution in [0.3, 0.4) is 0 Å². The number of rotatable bonds is 1. The smallest absolute Gasteiger partial charge is 0.0521 e. The Morgan fingerprint density at radius 1 is 1.00 bits per heavy atom. The van der Waals surface area contributed by atoms with Gasteiger partial charge in [-0.05, 0) is 11.0 Å². The summed E-state index contributed by atoms with van der Waals surface area (Å²) in [5, 5.41) is 2.65.